The predicted octanol–water partition coefficient (Wildman–Crippen LogP) is 2.06. The molecule has 1 aliphatic heterocycles. The van der Waals surface area contributed by atoms with Crippen LogP contribution in [0.4, 0.5) is 14.9 Å². The number of rotatable bonds is 6. The van der Waals surface area contributed by atoms with Crippen LogP contribution < -0.4 is 10.6 Å². The maximum absolute atomic E-state index is 13.6. The van der Waals surface area contributed by atoms with Gasteiger partial charge in [0.25, 0.3) is 0 Å². The molecular formula is C17H21FN4O3. The Labute approximate surface area is 144 Å². The van der Waals surface area contributed by atoms with Gasteiger partial charge in [-0.3, -0.25) is 4.68 Å². The second kappa shape index (κ2) is 8.09. The average molecular weight is 348 g/mol. The number of aliphatic hydroxyl groups is 1. The zero-order chi connectivity index (χ0) is 17.6. The Bertz CT molecular complexity index is 715. The SMILES string of the molecule is O=C(NC[C@@H](O)c1ccccc1F)Nc1cnn(C[C@@H]2CCCO2)c1. The number of anilines is 1. The molecule has 0 saturated carbocycles. The number of carbonyl (C=O) groups is 1. The molecule has 1 aromatic carbocycles. The maximum Gasteiger partial charge on any atom is 0.319 e. The van der Waals surface area contributed by atoms with E-state index >= 15 is 0 Å². The van der Waals surface area contributed by atoms with E-state index in [2.05, 4.69) is 15.7 Å². The zero-order valence-electron chi connectivity index (χ0n) is 13.7. The molecule has 1 saturated heterocycles. The molecule has 25 heavy (non-hydrogen) atoms. The van der Waals surface area contributed by atoms with Gasteiger partial charge < -0.3 is 20.5 Å². The lowest BCUT2D eigenvalue weighted by atomic mass is 10.1. The number of aromatic nitrogens is 2. The van der Waals surface area contributed by atoms with Crippen molar-refractivity contribution in [1.29, 1.82) is 0 Å². The molecule has 0 bridgehead atoms. The fraction of sp³-hybridized carbons (Fsp3) is 0.412. The summed E-state index contributed by atoms with van der Waals surface area (Å²) in [6.07, 6.45) is 4.38. The molecule has 8 heteroatoms. The Balaban J connectivity index is 1.46. The van der Waals surface area contributed by atoms with Crippen LogP contribution in [0.25, 0.3) is 0 Å². The fourth-order valence-electron chi connectivity index (χ4n) is 2.74. The molecule has 3 N–H and O–H groups in total. The normalized spacial score (nSPS) is 18.1. The molecule has 134 valence electrons. The van der Waals surface area contributed by atoms with Crippen molar-refractivity contribution < 1.29 is 19.0 Å². The van der Waals surface area contributed by atoms with Gasteiger partial charge in [0.2, 0.25) is 0 Å². The van der Waals surface area contributed by atoms with Crippen molar-refractivity contribution in [2.24, 2.45) is 0 Å². The summed E-state index contributed by atoms with van der Waals surface area (Å²) in [4.78, 5) is 11.9. The van der Waals surface area contributed by atoms with Crippen molar-refractivity contribution in [1.82, 2.24) is 15.1 Å². The summed E-state index contributed by atoms with van der Waals surface area (Å²) in [7, 11) is 0. The third-order valence-electron chi connectivity index (χ3n) is 4.03. The van der Waals surface area contributed by atoms with E-state index < -0.39 is 18.0 Å². The lowest BCUT2D eigenvalue weighted by molar-refractivity contribution is 0.0940. The number of carbonyl (C=O) groups excluding carboxylic acids is 1. The largest absolute Gasteiger partial charge is 0.386 e. The van der Waals surface area contributed by atoms with Crippen LogP contribution in [0.5, 0.6) is 0 Å². The Morgan fingerprint density at radius 3 is 3.08 bits per heavy atom. The monoisotopic (exact) mass is 348 g/mol. The molecule has 0 aliphatic carbocycles. The smallest absolute Gasteiger partial charge is 0.319 e. The van der Waals surface area contributed by atoms with Gasteiger partial charge >= 0.3 is 6.03 Å². The third-order valence-corrected chi connectivity index (χ3v) is 4.03. The minimum Gasteiger partial charge on any atom is -0.386 e. The number of nitrogens with one attached hydrogen (secondary N) is 2. The van der Waals surface area contributed by atoms with Gasteiger partial charge in [-0.05, 0) is 18.9 Å². The summed E-state index contributed by atoms with van der Waals surface area (Å²) >= 11 is 0. The molecule has 0 radical (unpaired) electrons. The van der Waals surface area contributed by atoms with E-state index in [0.717, 1.165) is 19.4 Å². The summed E-state index contributed by atoms with van der Waals surface area (Å²) in [5.74, 6) is -0.507. The highest BCUT2D eigenvalue weighted by molar-refractivity contribution is 5.88. The van der Waals surface area contributed by atoms with Gasteiger partial charge in [-0.2, -0.15) is 5.10 Å². The van der Waals surface area contributed by atoms with Crippen molar-refractivity contribution in [3.63, 3.8) is 0 Å². The lowest BCUT2D eigenvalue weighted by Crippen LogP contribution is -2.32. The summed E-state index contributed by atoms with van der Waals surface area (Å²) in [6, 6.07) is 5.42. The molecular weight excluding hydrogens is 327 g/mol. The van der Waals surface area contributed by atoms with Gasteiger partial charge in [0.15, 0.2) is 0 Å². The first kappa shape index (κ1) is 17.4. The average Bonchev–Trinajstić information content (AvgIpc) is 3.26. The Morgan fingerprint density at radius 2 is 2.32 bits per heavy atom. The fourth-order valence-corrected chi connectivity index (χ4v) is 2.74. The molecule has 0 spiro atoms. The van der Waals surface area contributed by atoms with Crippen molar-refractivity contribution in [3.05, 3.63) is 48.0 Å². The van der Waals surface area contributed by atoms with Crippen LogP contribution in [0.2, 0.25) is 0 Å². The first-order valence-electron chi connectivity index (χ1n) is 8.23. The van der Waals surface area contributed by atoms with E-state index in [1.54, 1.807) is 29.2 Å². The van der Waals surface area contributed by atoms with Crippen LogP contribution in [0.1, 0.15) is 24.5 Å². The van der Waals surface area contributed by atoms with Crippen LogP contribution >= 0.6 is 0 Å². The standard InChI is InChI=1S/C17H21FN4O3/c18-15-6-2-1-5-14(15)16(23)9-19-17(24)21-12-8-20-22(10-12)11-13-4-3-7-25-13/h1-2,5-6,8,10,13,16,23H,3-4,7,9,11H2,(H2,19,21,24)/t13-,16+/m0/s1. The molecule has 2 aromatic rings. The molecule has 1 fully saturated rings. The summed E-state index contributed by atoms with van der Waals surface area (Å²) in [5, 5.41) is 19.3. The highest BCUT2D eigenvalue weighted by Gasteiger charge is 2.17. The number of halogens is 1. The topological polar surface area (TPSA) is 88.4 Å². The number of urea groups is 1. The zero-order valence-corrected chi connectivity index (χ0v) is 13.7. The number of hydrogen-bond acceptors (Lipinski definition) is 4. The van der Waals surface area contributed by atoms with Gasteiger partial charge in [0, 0.05) is 24.9 Å². The quantitative estimate of drug-likeness (QED) is 0.745. The van der Waals surface area contributed by atoms with Gasteiger partial charge in [-0.25, -0.2) is 9.18 Å². The minimum absolute atomic E-state index is 0.100. The van der Waals surface area contributed by atoms with Gasteiger partial charge in [-0.15, -0.1) is 0 Å². The van der Waals surface area contributed by atoms with Gasteiger partial charge in [-0.1, -0.05) is 18.2 Å². The lowest BCUT2D eigenvalue weighted by Gasteiger charge is -2.13. The van der Waals surface area contributed by atoms with E-state index in [-0.39, 0.29) is 18.2 Å². The van der Waals surface area contributed by atoms with Crippen LogP contribution in [-0.4, -0.2) is 40.2 Å². The summed E-state index contributed by atoms with van der Waals surface area (Å²) < 4.78 is 20.8. The van der Waals surface area contributed by atoms with Gasteiger partial charge in [0.1, 0.15) is 5.82 Å². The van der Waals surface area contributed by atoms with E-state index in [9.17, 15) is 14.3 Å². The molecule has 0 unspecified atom stereocenters. The van der Waals surface area contributed by atoms with E-state index in [1.807, 2.05) is 0 Å². The highest BCUT2D eigenvalue weighted by Crippen LogP contribution is 2.16. The molecule has 1 aliphatic rings. The predicted molar refractivity (Wildman–Crippen MR) is 89.6 cm³/mol. The number of ether oxygens (including phenoxy) is 1. The first-order valence-corrected chi connectivity index (χ1v) is 8.23. The van der Waals surface area contributed by atoms with Crippen LogP contribution in [0, 0.1) is 5.82 Å². The molecule has 2 atom stereocenters. The molecule has 2 amide bonds. The Kier molecular flexibility index (Phi) is 5.62. The summed E-state index contributed by atoms with van der Waals surface area (Å²) in [6.45, 7) is 1.33. The molecule has 7 nitrogen and oxygen atoms in total. The second-order valence-electron chi connectivity index (χ2n) is 5.96. The Morgan fingerprint density at radius 1 is 1.48 bits per heavy atom. The van der Waals surface area contributed by atoms with E-state index in [0.29, 0.717) is 12.2 Å². The molecule has 3 rings (SSSR count). The summed E-state index contributed by atoms with van der Waals surface area (Å²) in [5.41, 5.74) is 0.683. The number of aliphatic hydroxyl groups excluding tert-OH is 1. The Hall–Kier alpha value is -2.45. The third kappa shape index (κ3) is 4.77. The van der Waals surface area contributed by atoms with E-state index in [4.69, 9.17) is 4.74 Å². The molecule has 2 heterocycles. The second-order valence-corrected chi connectivity index (χ2v) is 5.96. The van der Waals surface area contributed by atoms with Crippen molar-refractivity contribution in [2.45, 2.75) is 31.6 Å². The molecule has 1 aromatic heterocycles. The highest BCUT2D eigenvalue weighted by atomic mass is 19.1. The first-order chi connectivity index (χ1) is 12.1. The van der Waals surface area contributed by atoms with Crippen LogP contribution in [-0.2, 0) is 11.3 Å². The number of hydrogen-bond donors (Lipinski definition) is 3. The minimum atomic E-state index is -1.12. The van der Waals surface area contributed by atoms with Gasteiger partial charge in [0.05, 0.1) is 30.6 Å². The van der Waals surface area contributed by atoms with E-state index in [1.165, 1.54) is 12.1 Å². The van der Waals surface area contributed by atoms with Crippen LogP contribution in [0.15, 0.2) is 36.7 Å². The number of amides is 2. The van der Waals surface area contributed by atoms with Crippen molar-refractivity contribution >= 4 is 11.7 Å². The number of benzene rings is 1. The number of nitrogens with zero attached hydrogens (tertiary/aromatic N) is 2. The van der Waals surface area contributed by atoms with Crippen molar-refractivity contribution in [2.75, 3.05) is 18.5 Å². The maximum atomic E-state index is 13.6. The van der Waals surface area contributed by atoms with Crippen LogP contribution in [0.3, 0.4) is 0 Å². The van der Waals surface area contributed by atoms with Crippen molar-refractivity contribution in [3.8, 4) is 0 Å².